The van der Waals surface area contributed by atoms with Crippen molar-refractivity contribution in [3.05, 3.63) is 29.3 Å². The van der Waals surface area contributed by atoms with Crippen LogP contribution < -0.4 is 10.2 Å². The highest BCUT2D eigenvalue weighted by atomic mass is 16.5. The first-order valence-corrected chi connectivity index (χ1v) is 6.36. The second kappa shape index (κ2) is 3.99. The Morgan fingerprint density at radius 2 is 2.17 bits per heavy atom. The number of hydrogen-bond donors (Lipinski definition) is 1. The summed E-state index contributed by atoms with van der Waals surface area (Å²) in [5.41, 5.74) is 4.93. The van der Waals surface area contributed by atoms with Crippen molar-refractivity contribution in [3.63, 3.8) is 0 Å². The first-order chi connectivity index (χ1) is 8.62. The zero-order valence-electron chi connectivity index (χ0n) is 10.8. The van der Waals surface area contributed by atoms with Crippen LogP contribution in [0.1, 0.15) is 24.0 Å². The van der Waals surface area contributed by atoms with Gasteiger partial charge in [0.25, 0.3) is 0 Å². The Morgan fingerprint density at radius 1 is 1.39 bits per heavy atom. The van der Waals surface area contributed by atoms with Gasteiger partial charge in [-0.05, 0) is 30.0 Å². The molecule has 0 saturated heterocycles. The third kappa shape index (κ3) is 1.77. The number of hydrazine groups is 1. The van der Waals surface area contributed by atoms with Crippen LogP contribution in [0.15, 0.2) is 18.2 Å². The average molecular weight is 246 g/mol. The summed E-state index contributed by atoms with van der Waals surface area (Å²) in [6.45, 7) is 0.760. The molecule has 0 unspecified atom stereocenters. The summed E-state index contributed by atoms with van der Waals surface area (Å²) in [7, 11) is 3.68. The number of benzene rings is 1. The first kappa shape index (κ1) is 11.5. The van der Waals surface area contributed by atoms with E-state index < -0.39 is 0 Å². The number of fused-ring (bicyclic) bond motifs is 1. The quantitative estimate of drug-likeness (QED) is 0.816. The second-order valence-corrected chi connectivity index (χ2v) is 5.34. The van der Waals surface area contributed by atoms with Crippen molar-refractivity contribution in [1.29, 1.82) is 0 Å². The predicted molar refractivity (Wildman–Crippen MR) is 68.4 cm³/mol. The van der Waals surface area contributed by atoms with Crippen LogP contribution in [0.5, 0.6) is 5.75 Å². The van der Waals surface area contributed by atoms with E-state index in [1.54, 1.807) is 5.01 Å². The molecule has 1 saturated carbocycles. The molecule has 2 aliphatic rings. The predicted octanol–water partition coefficient (Wildman–Crippen LogP) is 1.25. The topological polar surface area (TPSA) is 41.6 Å². The lowest BCUT2D eigenvalue weighted by atomic mass is 9.93. The van der Waals surface area contributed by atoms with Gasteiger partial charge in [0, 0.05) is 20.5 Å². The van der Waals surface area contributed by atoms with Gasteiger partial charge in [-0.1, -0.05) is 12.1 Å². The molecule has 1 aliphatic heterocycles. The highest BCUT2D eigenvalue weighted by Gasteiger charge is 2.51. The zero-order valence-corrected chi connectivity index (χ0v) is 10.8. The van der Waals surface area contributed by atoms with Crippen LogP contribution in [0.25, 0.3) is 0 Å². The SMILES string of the molecule is CN(C)NC(=O)C1(c2ccc3c(c2)CCO3)CC1. The standard InChI is InChI=1S/C14H18N2O2/c1-16(2)15-13(17)14(6-7-14)11-3-4-12-10(9-11)5-8-18-12/h3-4,9H,5-8H2,1-2H3,(H,15,17). The van der Waals surface area contributed by atoms with Crippen LogP contribution in [0.3, 0.4) is 0 Å². The molecule has 1 aromatic carbocycles. The Morgan fingerprint density at radius 3 is 2.83 bits per heavy atom. The van der Waals surface area contributed by atoms with E-state index in [9.17, 15) is 4.79 Å². The molecular weight excluding hydrogens is 228 g/mol. The molecule has 0 radical (unpaired) electrons. The summed E-state index contributed by atoms with van der Waals surface area (Å²) >= 11 is 0. The maximum Gasteiger partial charge on any atom is 0.244 e. The lowest BCUT2D eigenvalue weighted by Gasteiger charge is -2.19. The van der Waals surface area contributed by atoms with Crippen LogP contribution in [0.4, 0.5) is 0 Å². The van der Waals surface area contributed by atoms with Crippen molar-refractivity contribution in [2.75, 3.05) is 20.7 Å². The van der Waals surface area contributed by atoms with Crippen LogP contribution in [-0.4, -0.2) is 31.6 Å². The van der Waals surface area contributed by atoms with Gasteiger partial charge in [-0.3, -0.25) is 10.2 Å². The first-order valence-electron chi connectivity index (χ1n) is 6.36. The molecule has 18 heavy (non-hydrogen) atoms. The van der Waals surface area contributed by atoms with Crippen molar-refractivity contribution >= 4 is 5.91 Å². The number of carbonyl (C=O) groups is 1. The summed E-state index contributed by atoms with van der Waals surface area (Å²) in [5, 5.41) is 1.71. The number of hydrogen-bond acceptors (Lipinski definition) is 3. The van der Waals surface area contributed by atoms with Crippen molar-refractivity contribution in [2.45, 2.75) is 24.7 Å². The lowest BCUT2D eigenvalue weighted by Crippen LogP contribution is -2.42. The van der Waals surface area contributed by atoms with Crippen molar-refractivity contribution in [2.24, 2.45) is 0 Å². The van der Waals surface area contributed by atoms with E-state index in [2.05, 4.69) is 11.5 Å². The molecule has 1 aromatic rings. The molecule has 1 N–H and O–H groups in total. The van der Waals surface area contributed by atoms with Gasteiger partial charge >= 0.3 is 0 Å². The summed E-state index contributed by atoms with van der Waals surface area (Å²) in [6.07, 6.45) is 2.83. The highest BCUT2D eigenvalue weighted by Crippen LogP contribution is 2.49. The number of amides is 1. The van der Waals surface area contributed by atoms with Crippen molar-refractivity contribution in [1.82, 2.24) is 10.4 Å². The maximum atomic E-state index is 12.3. The molecule has 4 heteroatoms. The molecule has 3 rings (SSSR count). The Hall–Kier alpha value is -1.55. The van der Waals surface area contributed by atoms with Gasteiger partial charge in [0.05, 0.1) is 12.0 Å². The van der Waals surface area contributed by atoms with E-state index >= 15 is 0 Å². The van der Waals surface area contributed by atoms with Gasteiger partial charge < -0.3 is 4.74 Å². The Bertz CT molecular complexity index is 493. The minimum absolute atomic E-state index is 0.103. The van der Waals surface area contributed by atoms with Crippen LogP contribution in [0, 0.1) is 0 Å². The molecule has 0 spiro atoms. The smallest absolute Gasteiger partial charge is 0.244 e. The molecule has 96 valence electrons. The van der Waals surface area contributed by atoms with Gasteiger partial charge in [-0.25, -0.2) is 5.01 Å². The molecule has 4 nitrogen and oxygen atoms in total. The summed E-state index contributed by atoms with van der Waals surface area (Å²) in [5.74, 6) is 1.08. The highest BCUT2D eigenvalue weighted by molar-refractivity contribution is 5.91. The fourth-order valence-electron chi connectivity index (χ4n) is 2.57. The summed E-state index contributed by atoms with van der Waals surface area (Å²) in [6, 6.07) is 6.18. The second-order valence-electron chi connectivity index (χ2n) is 5.34. The van der Waals surface area contributed by atoms with E-state index in [0.717, 1.165) is 37.2 Å². The molecular formula is C14H18N2O2. The minimum Gasteiger partial charge on any atom is -0.493 e. The van der Waals surface area contributed by atoms with Gasteiger partial charge in [0.15, 0.2) is 0 Å². The maximum absolute atomic E-state index is 12.3. The van der Waals surface area contributed by atoms with E-state index in [4.69, 9.17) is 4.74 Å². The molecule has 1 aliphatic carbocycles. The average Bonchev–Trinajstić information content (AvgIpc) is 3.00. The van der Waals surface area contributed by atoms with E-state index in [1.165, 1.54) is 5.56 Å². The normalized spacial score (nSPS) is 19.3. The number of nitrogens with zero attached hydrogens (tertiary/aromatic N) is 1. The van der Waals surface area contributed by atoms with E-state index in [0.29, 0.717) is 0 Å². The van der Waals surface area contributed by atoms with E-state index in [1.807, 2.05) is 26.2 Å². The van der Waals surface area contributed by atoms with Crippen molar-refractivity contribution in [3.8, 4) is 5.75 Å². The van der Waals surface area contributed by atoms with Crippen LogP contribution >= 0.6 is 0 Å². The van der Waals surface area contributed by atoms with Crippen molar-refractivity contribution < 1.29 is 9.53 Å². The molecule has 0 bridgehead atoms. The molecule has 0 aromatic heterocycles. The lowest BCUT2D eigenvalue weighted by molar-refractivity contribution is -0.127. The number of rotatable bonds is 3. The number of ether oxygens (including phenoxy) is 1. The van der Waals surface area contributed by atoms with Crippen LogP contribution in [-0.2, 0) is 16.6 Å². The molecule has 0 atom stereocenters. The third-order valence-electron chi connectivity index (χ3n) is 3.75. The van der Waals surface area contributed by atoms with Gasteiger partial charge in [0.1, 0.15) is 5.75 Å². The van der Waals surface area contributed by atoms with Crippen LogP contribution in [0.2, 0.25) is 0 Å². The largest absolute Gasteiger partial charge is 0.493 e. The molecule has 1 heterocycles. The third-order valence-corrected chi connectivity index (χ3v) is 3.75. The minimum atomic E-state index is -0.304. The molecule has 1 fully saturated rings. The molecule has 1 amide bonds. The number of nitrogens with one attached hydrogen (secondary N) is 1. The fourth-order valence-corrected chi connectivity index (χ4v) is 2.57. The van der Waals surface area contributed by atoms with Gasteiger partial charge in [0.2, 0.25) is 5.91 Å². The Balaban J connectivity index is 1.88. The summed E-state index contributed by atoms with van der Waals surface area (Å²) < 4.78 is 5.50. The van der Waals surface area contributed by atoms with Gasteiger partial charge in [-0.2, -0.15) is 0 Å². The zero-order chi connectivity index (χ0) is 12.8. The Labute approximate surface area is 107 Å². The monoisotopic (exact) mass is 246 g/mol. The summed E-state index contributed by atoms with van der Waals surface area (Å²) in [4.78, 5) is 12.3. The van der Waals surface area contributed by atoms with Gasteiger partial charge in [-0.15, -0.1) is 0 Å². The number of carbonyl (C=O) groups excluding carboxylic acids is 1. The van der Waals surface area contributed by atoms with E-state index in [-0.39, 0.29) is 11.3 Å². The fraction of sp³-hybridized carbons (Fsp3) is 0.500. The Kier molecular flexibility index (Phi) is 2.55.